The number of rotatable bonds is 5. The van der Waals surface area contributed by atoms with Crippen LogP contribution in [0.4, 0.5) is 0 Å². The maximum Gasteiger partial charge on any atom is 0.307 e. The van der Waals surface area contributed by atoms with Crippen LogP contribution in [-0.4, -0.2) is 12.2 Å². The lowest BCUT2D eigenvalue weighted by Crippen LogP contribution is -2.23. The van der Waals surface area contributed by atoms with Gasteiger partial charge in [0.2, 0.25) is 0 Å². The summed E-state index contributed by atoms with van der Waals surface area (Å²) in [6.07, 6.45) is 15.1. The molecule has 2 heterocycles. The standard InChI is InChI=1S/C51H41NO2P2/c1-33(52-56-53-45-29-27-36-15-7-11-21-43(36)49(45)50-44-22-12-8-16-37(44)28-30-46(50)54-56)51(38-17-3-2-4-18-38)55-31-39-25-23-34-13-5-9-19-41(34)47(39)48-40(32-55)26-24-35-14-6-10-20-42(35)48/h2-13,15-30,33,35,51-52H,14,31-32H2,1H3/t33-,35?,51+,55?/m0/s1. The summed E-state index contributed by atoms with van der Waals surface area (Å²) in [7, 11) is -2.15. The average molecular weight is 762 g/mol. The van der Waals surface area contributed by atoms with Gasteiger partial charge in [-0.25, -0.2) is 5.09 Å². The van der Waals surface area contributed by atoms with Gasteiger partial charge in [-0.3, -0.25) is 0 Å². The molecule has 0 fully saturated rings. The Labute approximate surface area is 329 Å². The van der Waals surface area contributed by atoms with Crippen LogP contribution in [0.1, 0.15) is 35.7 Å². The van der Waals surface area contributed by atoms with Crippen LogP contribution in [0, 0.1) is 5.92 Å². The lowest BCUT2D eigenvalue weighted by molar-refractivity contribution is 0.632. The first kappa shape index (κ1) is 33.9. The van der Waals surface area contributed by atoms with Gasteiger partial charge in [-0.15, -0.1) is 0 Å². The van der Waals surface area contributed by atoms with E-state index in [2.05, 4.69) is 182 Å². The highest BCUT2D eigenvalue weighted by atomic mass is 31.1. The predicted molar refractivity (Wildman–Crippen MR) is 240 cm³/mol. The number of nitrogens with one attached hydrogen (secondary N) is 1. The minimum atomic E-state index is -1.56. The molecule has 11 rings (SSSR count). The molecule has 272 valence electrons. The molecule has 0 spiro atoms. The van der Waals surface area contributed by atoms with Crippen molar-refractivity contribution in [1.29, 1.82) is 0 Å². The van der Waals surface area contributed by atoms with Gasteiger partial charge in [0.05, 0.1) is 0 Å². The van der Waals surface area contributed by atoms with Crippen LogP contribution < -0.4 is 5.09 Å². The third-order valence-electron chi connectivity index (χ3n) is 12.1. The first-order valence-corrected chi connectivity index (χ1v) is 22.7. The Hall–Kier alpha value is -5.43. The Morgan fingerprint density at radius 2 is 1.25 bits per heavy atom. The number of benzene rings is 7. The van der Waals surface area contributed by atoms with Gasteiger partial charge < -0.3 is 8.39 Å². The van der Waals surface area contributed by atoms with Crippen LogP contribution in [0.2, 0.25) is 0 Å². The smallest absolute Gasteiger partial charge is 0.307 e. The third kappa shape index (κ3) is 5.72. The van der Waals surface area contributed by atoms with E-state index in [1.807, 2.05) is 0 Å². The molecule has 7 aromatic carbocycles. The van der Waals surface area contributed by atoms with Gasteiger partial charge in [-0.1, -0.05) is 166 Å². The number of fused-ring (bicyclic) bond motifs is 13. The highest BCUT2D eigenvalue weighted by Gasteiger charge is 2.36. The van der Waals surface area contributed by atoms with Crippen LogP contribution >= 0.6 is 16.1 Å². The van der Waals surface area contributed by atoms with E-state index in [9.17, 15) is 0 Å². The van der Waals surface area contributed by atoms with Gasteiger partial charge >= 0.3 is 8.16 Å². The lowest BCUT2D eigenvalue weighted by Gasteiger charge is -2.33. The molecule has 0 saturated carbocycles. The van der Waals surface area contributed by atoms with Crippen LogP contribution in [0.5, 0.6) is 0 Å². The van der Waals surface area contributed by atoms with Crippen molar-refractivity contribution in [2.24, 2.45) is 5.92 Å². The second kappa shape index (κ2) is 13.9. The summed E-state index contributed by atoms with van der Waals surface area (Å²) in [4.78, 5) is 0. The third-order valence-corrected chi connectivity index (χ3v) is 16.4. The first-order valence-electron chi connectivity index (χ1n) is 19.7. The van der Waals surface area contributed by atoms with E-state index in [1.165, 1.54) is 65.7 Å². The number of hydrogen-bond acceptors (Lipinski definition) is 3. The summed E-state index contributed by atoms with van der Waals surface area (Å²) in [6, 6.07) is 50.8. The molecule has 1 aliphatic heterocycles. The van der Waals surface area contributed by atoms with Crippen LogP contribution in [0.25, 0.3) is 59.8 Å². The molecule has 0 saturated heterocycles. The first-order chi connectivity index (χ1) is 27.7. The molecule has 0 radical (unpaired) electrons. The minimum Gasteiger partial charge on any atom is -0.408 e. The molecule has 1 aromatic heterocycles. The summed E-state index contributed by atoms with van der Waals surface area (Å²) in [5, 5.41) is 13.6. The summed E-state index contributed by atoms with van der Waals surface area (Å²) in [5.41, 5.74) is 10.7. The van der Waals surface area contributed by atoms with Crippen LogP contribution in [-0.2, 0) is 6.16 Å². The van der Waals surface area contributed by atoms with Gasteiger partial charge in [0.25, 0.3) is 0 Å². The summed E-state index contributed by atoms with van der Waals surface area (Å²) < 4.78 is 14.0. The number of hydrogen-bond donors (Lipinski definition) is 1. The highest BCUT2D eigenvalue weighted by molar-refractivity contribution is 7.57. The quantitative estimate of drug-likeness (QED) is 0.178. The maximum atomic E-state index is 7.02. The Morgan fingerprint density at radius 1 is 0.643 bits per heavy atom. The van der Waals surface area contributed by atoms with E-state index in [-0.39, 0.29) is 11.7 Å². The van der Waals surface area contributed by atoms with Gasteiger partial charge in [-0.05, 0) is 104 Å². The van der Waals surface area contributed by atoms with E-state index in [4.69, 9.17) is 8.39 Å². The molecule has 4 atom stereocenters. The lowest BCUT2D eigenvalue weighted by atomic mass is 9.76. The molecule has 3 aliphatic rings. The molecule has 1 N–H and O–H groups in total. The van der Waals surface area contributed by atoms with E-state index in [1.54, 1.807) is 0 Å². The second-order valence-electron chi connectivity index (χ2n) is 15.4. The maximum absolute atomic E-state index is 7.02. The molecule has 2 unspecified atom stereocenters. The van der Waals surface area contributed by atoms with Gasteiger partial charge in [0.1, 0.15) is 11.2 Å². The molecule has 5 heteroatoms. The Bertz CT molecular complexity index is 2930. The van der Waals surface area contributed by atoms with Crippen molar-refractivity contribution in [3.63, 3.8) is 0 Å². The molecule has 0 bridgehead atoms. The largest absolute Gasteiger partial charge is 0.408 e. The molecule has 8 aromatic rings. The van der Waals surface area contributed by atoms with Crippen molar-refractivity contribution in [3.05, 3.63) is 198 Å². The minimum absolute atomic E-state index is 0.0590. The molecular weight excluding hydrogens is 721 g/mol. The summed E-state index contributed by atoms with van der Waals surface area (Å²) in [5.74, 6) is 0.424. The Morgan fingerprint density at radius 3 is 1.95 bits per heavy atom. The predicted octanol–water partition coefficient (Wildman–Crippen LogP) is 14.9. The number of allylic oxidation sites excluding steroid dienone is 8. The fourth-order valence-corrected chi connectivity index (χ4v) is 14.2. The van der Waals surface area contributed by atoms with Crippen LogP contribution in [0.3, 0.4) is 0 Å². The fourth-order valence-electron chi connectivity index (χ4n) is 9.59. The van der Waals surface area contributed by atoms with Gasteiger partial charge in [0.15, 0.2) is 0 Å². The molecule has 56 heavy (non-hydrogen) atoms. The van der Waals surface area contributed by atoms with E-state index in [0.29, 0.717) is 5.92 Å². The van der Waals surface area contributed by atoms with Crippen molar-refractivity contribution in [1.82, 2.24) is 0 Å². The Kier molecular flexibility index (Phi) is 8.43. The molecule has 0 amide bonds. The van der Waals surface area contributed by atoms with Crippen molar-refractivity contribution in [3.8, 4) is 0 Å². The summed E-state index contributed by atoms with van der Waals surface area (Å²) in [6.45, 7) is 2.35. The van der Waals surface area contributed by atoms with Gasteiger partial charge in [0, 0.05) is 28.4 Å². The fraction of sp³-hybridized carbons (Fsp3) is 0.137. The topological polar surface area (TPSA) is 38.3 Å². The van der Waals surface area contributed by atoms with E-state index < -0.39 is 16.1 Å². The highest BCUT2D eigenvalue weighted by Crippen LogP contribution is 2.61. The second-order valence-corrected chi connectivity index (χ2v) is 18.9. The average Bonchev–Trinajstić information content (AvgIpc) is 3.52. The van der Waals surface area contributed by atoms with Crippen molar-refractivity contribution in [2.75, 3.05) is 11.2 Å². The normalized spacial score (nSPS) is 18.8. The van der Waals surface area contributed by atoms with Crippen molar-refractivity contribution < 1.29 is 8.39 Å². The molecule has 2 aliphatic carbocycles. The van der Waals surface area contributed by atoms with Crippen LogP contribution in [0.15, 0.2) is 189 Å². The monoisotopic (exact) mass is 761 g/mol. The Balaban J connectivity index is 1.08. The summed E-state index contributed by atoms with van der Waals surface area (Å²) >= 11 is 0. The zero-order chi connectivity index (χ0) is 37.2. The van der Waals surface area contributed by atoms with E-state index in [0.717, 1.165) is 40.7 Å². The van der Waals surface area contributed by atoms with E-state index >= 15 is 0 Å². The molecular formula is C51H41NO2P2. The van der Waals surface area contributed by atoms with Gasteiger partial charge in [-0.2, -0.15) is 0 Å². The SMILES string of the molecule is C[C@H](Np1oc2ccc3ccccc3c2c2c(ccc3ccccc32)o1)[C@H](c1ccccc1)P1CC2=C(C3=CC=CCC3C=C2)c2c(ccc3ccccc23)C1. The zero-order valence-electron chi connectivity index (χ0n) is 31.2. The zero-order valence-corrected chi connectivity index (χ0v) is 33.0. The van der Waals surface area contributed by atoms with Crippen molar-refractivity contribution >= 4 is 75.9 Å². The van der Waals surface area contributed by atoms with Crippen molar-refractivity contribution in [2.45, 2.75) is 31.2 Å². The molecule has 3 nitrogen and oxygen atoms in total.